The Balaban J connectivity index is 1.87. The van der Waals surface area contributed by atoms with E-state index in [1.807, 2.05) is 0 Å². The first-order valence-electron chi connectivity index (χ1n) is 11.3. The molecule has 0 saturated heterocycles. The van der Waals surface area contributed by atoms with Gasteiger partial charge in [-0.25, -0.2) is 0 Å². The fraction of sp³-hybridized carbons (Fsp3) is 0.0667. The second-order valence-corrected chi connectivity index (χ2v) is 12.0. The monoisotopic (exact) mass is 445 g/mol. The molecule has 0 unspecified atom stereocenters. The van der Waals surface area contributed by atoms with Crippen LogP contribution in [0.2, 0.25) is 0 Å². The van der Waals surface area contributed by atoms with Gasteiger partial charge in [-0.3, -0.25) is 0 Å². The first-order valence-corrected chi connectivity index (χ1v) is 13.1. The van der Waals surface area contributed by atoms with Gasteiger partial charge in [0, 0.05) is 37.3 Å². The Morgan fingerprint density at radius 3 is 1.30 bits per heavy atom. The number of nitrogens with zero attached hydrogens (tertiary/aromatic N) is 2. The van der Waals surface area contributed by atoms with Gasteiger partial charge in [0.25, 0.3) is 0 Å². The van der Waals surface area contributed by atoms with Crippen molar-refractivity contribution >= 4 is 50.3 Å². The molecule has 2 heterocycles. The molecule has 0 aliphatic heterocycles. The summed E-state index contributed by atoms with van der Waals surface area (Å²) in [4.78, 5) is 0. The largest absolute Gasteiger partial charge is 0.350 e. The lowest BCUT2D eigenvalue weighted by molar-refractivity contribution is 0.969. The van der Waals surface area contributed by atoms with Crippen LogP contribution in [0.3, 0.4) is 0 Å². The summed E-state index contributed by atoms with van der Waals surface area (Å²) in [6, 6.07) is 40.5. The third-order valence-electron chi connectivity index (χ3n) is 6.82. The second-order valence-electron chi connectivity index (χ2n) is 8.62. The summed E-state index contributed by atoms with van der Waals surface area (Å²) >= 11 is 0. The highest BCUT2D eigenvalue weighted by Crippen LogP contribution is 2.56. The van der Waals surface area contributed by atoms with E-state index in [1.54, 1.807) is 0 Å². The van der Waals surface area contributed by atoms with Crippen molar-refractivity contribution in [2.75, 3.05) is 0 Å². The van der Waals surface area contributed by atoms with Crippen LogP contribution in [0.5, 0.6) is 0 Å². The van der Waals surface area contributed by atoms with Crippen LogP contribution < -0.4 is 21.2 Å². The number of aryl methyl sites for hydroxylation is 2. The topological polar surface area (TPSA) is 9.86 Å². The Morgan fingerprint density at radius 2 is 0.879 bits per heavy atom. The minimum Gasteiger partial charge on any atom is -0.350 e. The SMILES string of the molecule is Cn1ccc2c([P+](c3ccccc3)(c3ccccc3)c3cccc4c3ccn4C)cccc21. The number of hydrogen-bond donors (Lipinski definition) is 0. The summed E-state index contributed by atoms with van der Waals surface area (Å²) in [5, 5.41) is 8.24. The number of rotatable bonds is 4. The maximum atomic E-state index is 2.36. The molecule has 0 fully saturated rings. The highest BCUT2D eigenvalue weighted by atomic mass is 31.2. The summed E-state index contributed by atoms with van der Waals surface area (Å²) < 4.78 is 4.46. The van der Waals surface area contributed by atoms with Crippen LogP contribution >= 0.6 is 7.26 Å². The lowest BCUT2D eigenvalue weighted by atomic mass is 10.2. The normalized spacial score (nSPS) is 11.9. The zero-order valence-electron chi connectivity index (χ0n) is 18.9. The fourth-order valence-electron chi connectivity index (χ4n) is 5.30. The van der Waals surface area contributed by atoms with Crippen LogP contribution in [0, 0.1) is 0 Å². The lowest BCUT2D eigenvalue weighted by Gasteiger charge is -2.29. The van der Waals surface area contributed by atoms with Gasteiger partial charge in [-0.15, -0.1) is 0 Å². The smallest absolute Gasteiger partial charge is 0.145 e. The molecular weight excluding hydrogens is 419 g/mol. The van der Waals surface area contributed by atoms with Crippen molar-refractivity contribution in [2.24, 2.45) is 14.1 Å². The molecular formula is C30H26N2P+. The summed E-state index contributed by atoms with van der Waals surface area (Å²) in [7, 11) is 2.07. The van der Waals surface area contributed by atoms with Crippen molar-refractivity contribution in [3.05, 3.63) is 122 Å². The Bertz CT molecular complexity index is 1450. The number of hydrogen-bond acceptors (Lipinski definition) is 0. The van der Waals surface area contributed by atoms with E-state index in [4.69, 9.17) is 0 Å². The van der Waals surface area contributed by atoms with Gasteiger partial charge in [0.05, 0.1) is 11.0 Å². The molecule has 0 amide bonds. The van der Waals surface area contributed by atoms with E-state index in [0.29, 0.717) is 0 Å². The first-order chi connectivity index (χ1) is 16.2. The maximum Gasteiger partial charge on any atom is 0.145 e. The third-order valence-corrected chi connectivity index (χ3v) is 11.2. The van der Waals surface area contributed by atoms with E-state index < -0.39 is 7.26 Å². The maximum absolute atomic E-state index is 2.36. The molecule has 0 N–H and O–H groups in total. The molecule has 6 rings (SSSR count). The van der Waals surface area contributed by atoms with Gasteiger partial charge < -0.3 is 9.13 Å². The van der Waals surface area contributed by atoms with Gasteiger partial charge in [-0.2, -0.15) is 0 Å². The van der Waals surface area contributed by atoms with E-state index in [2.05, 4.69) is 145 Å². The molecule has 3 heteroatoms. The van der Waals surface area contributed by atoms with Crippen molar-refractivity contribution in [2.45, 2.75) is 0 Å². The van der Waals surface area contributed by atoms with Crippen molar-refractivity contribution in [3.63, 3.8) is 0 Å². The Kier molecular flexibility index (Phi) is 4.71. The Hall–Kier alpha value is -3.61. The van der Waals surface area contributed by atoms with Crippen molar-refractivity contribution in [1.82, 2.24) is 9.13 Å². The molecule has 33 heavy (non-hydrogen) atoms. The summed E-state index contributed by atoms with van der Waals surface area (Å²) in [6.07, 6.45) is 4.36. The van der Waals surface area contributed by atoms with Gasteiger partial charge in [0.2, 0.25) is 0 Å². The average molecular weight is 446 g/mol. The van der Waals surface area contributed by atoms with Gasteiger partial charge in [0.15, 0.2) is 0 Å². The van der Waals surface area contributed by atoms with E-state index >= 15 is 0 Å². The van der Waals surface area contributed by atoms with Crippen LogP contribution in [0.1, 0.15) is 0 Å². The van der Waals surface area contributed by atoms with Crippen molar-refractivity contribution < 1.29 is 0 Å². The molecule has 0 aliphatic carbocycles. The molecule has 0 atom stereocenters. The molecule has 6 aromatic rings. The average Bonchev–Trinajstić information content (AvgIpc) is 3.45. The molecule has 2 nitrogen and oxygen atoms in total. The summed E-state index contributed by atoms with van der Waals surface area (Å²) in [5.74, 6) is 0. The van der Waals surface area contributed by atoms with Gasteiger partial charge in [-0.05, 0) is 60.7 Å². The zero-order valence-corrected chi connectivity index (χ0v) is 19.8. The van der Waals surface area contributed by atoms with E-state index in [1.165, 1.54) is 43.0 Å². The van der Waals surface area contributed by atoms with E-state index in [0.717, 1.165) is 0 Å². The van der Waals surface area contributed by atoms with Crippen molar-refractivity contribution in [1.29, 1.82) is 0 Å². The van der Waals surface area contributed by atoms with Gasteiger partial charge >= 0.3 is 0 Å². The zero-order chi connectivity index (χ0) is 22.4. The summed E-state index contributed by atoms with van der Waals surface area (Å²) in [6.45, 7) is 0. The molecule has 4 aromatic carbocycles. The lowest BCUT2D eigenvalue weighted by Crippen LogP contribution is -2.39. The van der Waals surface area contributed by atoms with E-state index in [-0.39, 0.29) is 0 Å². The van der Waals surface area contributed by atoms with Crippen molar-refractivity contribution in [3.8, 4) is 0 Å². The minimum atomic E-state index is -2.20. The predicted octanol–water partition coefficient (Wildman–Crippen LogP) is 5.29. The first kappa shape index (κ1) is 20.0. The van der Waals surface area contributed by atoms with Crippen LogP contribution in [0.4, 0.5) is 0 Å². The fourth-order valence-corrected chi connectivity index (χ4v) is 9.92. The number of benzene rings is 4. The van der Waals surface area contributed by atoms with Crippen LogP contribution in [-0.2, 0) is 14.1 Å². The standard InChI is InChI=1S/C30H26N2P/c1-31-21-19-25-27(31)15-9-17-29(25)33(23-11-5-3-6-12-23,24-13-7-4-8-14-24)30-18-10-16-28-26(30)20-22-32(28)2/h3-22H,1-2H3/q+1. The van der Waals surface area contributed by atoms with Crippen LogP contribution in [-0.4, -0.2) is 9.13 Å². The van der Waals surface area contributed by atoms with Crippen LogP contribution in [0.25, 0.3) is 21.8 Å². The Morgan fingerprint density at radius 1 is 0.455 bits per heavy atom. The second kappa shape index (κ2) is 7.76. The molecule has 2 aromatic heterocycles. The number of aromatic nitrogens is 2. The third kappa shape index (κ3) is 2.91. The van der Waals surface area contributed by atoms with Gasteiger partial charge in [-0.1, -0.05) is 48.5 Å². The quantitative estimate of drug-likeness (QED) is 0.327. The van der Waals surface area contributed by atoms with E-state index in [9.17, 15) is 0 Å². The molecule has 0 spiro atoms. The molecule has 0 bridgehead atoms. The molecule has 0 aliphatic rings. The van der Waals surface area contributed by atoms with Gasteiger partial charge in [0.1, 0.15) is 28.5 Å². The summed E-state index contributed by atoms with van der Waals surface area (Å²) in [5.41, 5.74) is 2.54. The molecule has 0 radical (unpaired) electrons. The number of fused-ring (bicyclic) bond motifs is 2. The highest BCUT2D eigenvalue weighted by molar-refractivity contribution is 8.02. The highest BCUT2D eigenvalue weighted by Gasteiger charge is 2.50. The molecule has 0 saturated carbocycles. The molecule has 160 valence electrons. The predicted molar refractivity (Wildman–Crippen MR) is 144 cm³/mol. The minimum absolute atomic E-state index is 1.27. The Labute approximate surface area is 195 Å². The van der Waals surface area contributed by atoms with Crippen LogP contribution in [0.15, 0.2) is 122 Å².